The highest BCUT2D eigenvalue weighted by molar-refractivity contribution is 7.20. The third-order valence-electron chi connectivity index (χ3n) is 3.00. The number of hydrogen-bond acceptors (Lipinski definition) is 4. The van der Waals surface area contributed by atoms with Gasteiger partial charge in [-0.25, -0.2) is 4.98 Å². The van der Waals surface area contributed by atoms with E-state index in [0.29, 0.717) is 0 Å². The van der Waals surface area contributed by atoms with Crippen LogP contribution in [-0.4, -0.2) is 25.3 Å². The summed E-state index contributed by atoms with van der Waals surface area (Å²) in [6.45, 7) is 0. The number of hydrogen-bond donors (Lipinski definition) is 0. The first kappa shape index (κ1) is 12.8. The molecule has 0 unspecified atom stereocenters. The van der Waals surface area contributed by atoms with E-state index in [9.17, 15) is 0 Å². The van der Waals surface area contributed by atoms with E-state index >= 15 is 0 Å². The Balaban J connectivity index is 1.82. The summed E-state index contributed by atoms with van der Waals surface area (Å²) in [5, 5.41) is 0.933. The van der Waals surface area contributed by atoms with Crippen LogP contribution >= 0.6 is 11.3 Å². The molecule has 0 radical (unpaired) electrons. The third kappa shape index (κ3) is 2.70. The molecule has 0 spiro atoms. The highest BCUT2D eigenvalue weighted by Gasteiger charge is 2.00. The SMILES string of the molecule is CN(C)c1ccc(N=Cc2nc3ccccc3s2)cc1. The highest BCUT2D eigenvalue weighted by Crippen LogP contribution is 2.22. The van der Waals surface area contributed by atoms with Crippen LogP contribution in [0.25, 0.3) is 10.2 Å². The summed E-state index contributed by atoms with van der Waals surface area (Å²) in [5.41, 5.74) is 3.14. The van der Waals surface area contributed by atoms with Crippen molar-refractivity contribution in [2.75, 3.05) is 19.0 Å². The lowest BCUT2D eigenvalue weighted by atomic mass is 10.3. The lowest BCUT2D eigenvalue weighted by Crippen LogP contribution is -2.07. The minimum Gasteiger partial charge on any atom is -0.378 e. The van der Waals surface area contributed by atoms with E-state index in [-0.39, 0.29) is 0 Å². The van der Waals surface area contributed by atoms with Crippen LogP contribution in [-0.2, 0) is 0 Å². The molecule has 2 aromatic carbocycles. The normalized spacial score (nSPS) is 11.3. The number of fused-ring (bicyclic) bond motifs is 1. The summed E-state index contributed by atoms with van der Waals surface area (Å²) in [4.78, 5) is 11.1. The van der Waals surface area contributed by atoms with Crippen LogP contribution in [0.1, 0.15) is 5.01 Å². The first-order valence-corrected chi connectivity index (χ1v) is 7.21. The van der Waals surface area contributed by atoms with E-state index in [0.717, 1.165) is 16.2 Å². The summed E-state index contributed by atoms with van der Waals surface area (Å²) in [6.07, 6.45) is 1.83. The molecule has 0 aliphatic rings. The van der Waals surface area contributed by atoms with Crippen LogP contribution in [0.3, 0.4) is 0 Å². The molecule has 1 aromatic heterocycles. The zero-order chi connectivity index (χ0) is 13.9. The smallest absolute Gasteiger partial charge is 0.135 e. The van der Waals surface area contributed by atoms with Gasteiger partial charge in [0.25, 0.3) is 0 Å². The Bertz CT molecular complexity index is 709. The van der Waals surface area contributed by atoms with Crippen molar-refractivity contribution in [2.45, 2.75) is 0 Å². The van der Waals surface area contributed by atoms with E-state index in [1.807, 2.05) is 50.6 Å². The summed E-state index contributed by atoms with van der Waals surface area (Å²) in [5.74, 6) is 0. The van der Waals surface area contributed by atoms with Crippen molar-refractivity contribution in [3.8, 4) is 0 Å². The van der Waals surface area contributed by atoms with Gasteiger partial charge in [0.05, 0.1) is 22.1 Å². The van der Waals surface area contributed by atoms with Gasteiger partial charge in [0.1, 0.15) is 5.01 Å². The van der Waals surface area contributed by atoms with Crippen molar-refractivity contribution in [3.05, 3.63) is 53.5 Å². The van der Waals surface area contributed by atoms with E-state index in [2.05, 4.69) is 33.1 Å². The van der Waals surface area contributed by atoms with Crippen molar-refractivity contribution in [1.29, 1.82) is 0 Å². The van der Waals surface area contributed by atoms with Crippen molar-refractivity contribution >= 4 is 39.1 Å². The van der Waals surface area contributed by atoms with E-state index in [1.165, 1.54) is 10.4 Å². The fourth-order valence-corrected chi connectivity index (χ4v) is 2.75. The average Bonchev–Trinajstić information content (AvgIpc) is 2.88. The molecule has 3 aromatic rings. The van der Waals surface area contributed by atoms with Crippen LogP contribution in [0, 0.1) is 0 Å². The summed E-state index contributed by atoms with van der Waals surface area (Å²) in [6, 6.07) is 16.3. The summed E-state index contributed by atoms with van der Waals surface area (Å²) >= 11 is 1.66. The maximum atomic E-state index is 4.53. The Labute approximate surface area is 122 Å². The Hall–Kier alpha value is -2.20. The van der Waals surface area contributed by atoms with Gasteiger partial charge in [-0.3, -0.25) is 4.99 Å². The molecule has 0 aliphatic carbocycles. The van der Waals surface area contributed by atoms with Crippen LogP contribution in [0.15, 0.2) is 53.5 Å². The number of thiazole rings is 1. The molecule has 0 atom stereocenters. The largest absolute Gasteiger partial charge is 0.378 e. The monoisotopic (exact) mass is 281 g/mol. The van der Waals surface area contributed by atoms with Crippen LogP contribution in [0.2, 0.25) is 0 Å². The predicted octanol–water partition coefficient (Wildman–Crippen LogP) is 4.11. The van der Waals surface area contributed by atoms with Gasteiger partial charge in [-0.15, -0.1) is 11.3 Å². The second-order valence-electron chi connectivity index (χ2n) is 4.69. The molecule has 100 valence electrons. The zero-order valence-corrected chi connectivity index (χ0v) is 12.3. The molecule has 0 amide bonds. The second kappa shape index (κ2) is 5.43. The molecule has 3 rings (SSSR count). The van der Waals surface area contributed by atoms with E-state index in [1.54, 1.807) is 11.3 Å². The van der Waals surface area contributed by atoms with E-state index < -0.39 is 0 Å². The maximum Gasteiger partial charge on any atom is 0.135 e. The highest BCUT2D eigenvalue weighted by atomic mass is 32.1. The number of nitrogens with zero attached hydrogens (tertiary/aromatic N) is 3. The Morgan fingerprint density at radius 2 is 1.80 bits per heavy atom. The molecule has 0 N–H and O–H groups in total. The zero-order valence-electron chi connectivity index (χ0n) is 11.4. The minimum absolute atomic E-state index is 0.933. The Kier molecular flexibility index (Phi) is 3.48. The Morgan fingerprint density at radius 1 is 1.05 bits per heavy atom. The van der Waals surface area contributed by atoms with Gasteiger partial charge in [0.15, 0.2) is 0 Å². The van der Waals surface area contributed by atoms with Gasteiger partial charge in [0, 0.05) is 19.8 Å². The first-order valence-electron chi connectivity index (χ1n) is 6.39. The average molecular weight is 281 g/mol. The molecule has 20 heavy (non-hydrogen) atoms. The van der Waals surface area contributed by atoms with Gasteiger partial charge in [-0.2, -0.15) is 0 Å². The van der Waals surface area contributed by atoms with Gasteiger partial charge >= 0.3 is 0 Å². The fourth-order valence-electron chi connectivity index (χ4n) is 1.91. The van der Waals surface area contributed by atoms with Gasteiger partial charge in [0.2, 0.25) is 0 Å². The molecule has 0 saturated heterocycles. The molecule has 0 fully saturated rings. The van der Waals surface area contributed by atoms with Gasteiger partial charge in [-0.1, -0.05) is 12.1 Å². The van der Waals surface area contributed by atoms with Gasteiger partial charge in [-0.05, 0) is 36.4 Å². The number of aromatic nitrogens is 1. The Morgan fingerprint density at radius 3 is 2.50 bits per heavy atom. The standard InChI is InChI=1S/C16H15N3S/c1-19(2)13-9-7-12(8-10-13)17-11-16-18-14-5-3-4-6-15(14)20-16/h3-11H,1-2H3. The number of para-hydroxylation sites is 1. The summed E-state index contributed by atoms with van der Waals surface area (Å²) < 4.78 is 1.19. The molecule has 3 nitrogen and oxygen atoms in total. The number of anilines is 1. The van der Waals surface area contributed by atoms with Crippen LogP contribution < -0.4 is 4.90 Å². The maximum absolute atomic E-state index is 4.53. The lowest BCUT2D eigenvalue weighted by molar-refractivity contribution is 1.13. The number of rotatable bonds is 3. The van der Waals surface area contributed by atoms with Crippen molar-refractivity contribution in [1.82, 2.24) is 4.98 Å². The molecule has 4 heteroatoms. The van der Waals surface area contributed by atoms with E-state index in [4.69, 9.17) is 0 Å². The predicted molar refractivity (Wildman–Crippen MR) is 87.6 cm³/mol. The molecule has 0 bridgehead atoms. The van der Waals surface area contributed by atoms with Gasteiger partial charge < -0.3 is 4.90 Å². The minimum atomic E-state index is 0.933. The fraction of sp³-hybridized carbons (Fsp3) is 0.125. The molecule has 0 aliphatic heterocycles. The molecular weight excluding hydrogens is 266 g/mol. The van der Waals surface area contributed by atoms with Crippen LogP contribution in [0.4, 0.5) is 11.4 Å². The second-order valence-corrected chi connectivity index (χ2v) is 5.75. The van der Waals surface area contributed by atoms with Crippen molar-refractivity contribution in [2.24, 2.45) is 4.99 Å². The number of aliphatic imine (C=N–C) groups is 1. The van der Waals surface area contributed by atoms with Crippen LogP contribution in [0.5, 0.6) is 0 Å². The topological polar surface area (TPSA) is 28.5 Å². The first-order chi connectivity index (χ1) is 9.72. The molecule has 0 saturated carbocycles. The molecule has 1 heterocycles. The van der Waals surface area contributed by atoms with Crippen molar-refractivity contribution in [3.63, 3.8) is 0 Å². The summed E-state index contributed by atoms with van der Waals surface area (Å²) in [7, 11) is 4.05. The lowest BCUT2D eigenvalue weighted by Gasteiger charge is -2.11. The quantitative estimate of drug-likeness (QED) is 0.676. The molecular formula is C16H15N3S. The van der Waals surface area contributed by atoms with Crippen molar-refractivity contribution < 1.29 is 0 Å². The number of benzene rings is 2. The third-order valence-corrected chi connectivity index (χ3v) is 3.97.